The maximum absolute atomic E-state index is 12.2. The van der Waals surface area contributed by atoms with Crippen molar-refractivity contribution in [3.8, 4) is 5.75 Å². The Kier molecular flexibility index (Phi) is 7.46. The average molecular weight is 400 g/mol. The van der Waals surface area contributed by atoms with Crippen LogP contribution in [0.3, 0.4) is 0 Å². The third-order valence-corrected chi connectivity index (χ3v) is 3.82. The molecular formula is C19H20N4O4S. The molecule has 0 aromatic heterocycles. The van der Waals surface area contributed by atoms with Crippen LogP contribution < -0.4 is 26.2 Å². The van der Waals surface area contributed by atoms with E-state index in [4.69, 9.17) is 17.0 Å². The molecule has 3 amide bonds. The molecule has 2 aromatic rings. The Morgan fingerprint density at radius 1 is 0.964 bits per heavy atom. The van der Waals surface area contributed by atoms with Gasteiger partial charge in [0.05, 0.1) is 12.7 Å². The van der Waals surface area contributed by atoms with Crippen molar-refractivity contribution in [2.24, 2.45) is 0 Å². The maximum Gasteiger partial charge on any atom is 0.269 e. The van der Waals surface area contributed by atoms with Crippen LogP contribution in [0, 0.1) is 0 Å². The van der Waals surface area contributed by atoms with Crippen LogP contribution in [0.15, 0.2) is 48.5 Å². The van der Waals surface area contributed by atoms with Crippen molar-refractivity contribution in [1.82, 2.24) is 16.2 Å². The SMILES string of the molecule is CCC(=O)Nc1ccc(C(=O)NNC(=S)NC(=O)c2ccccc2OC)cc1. The van der Waals surface area contributed by atoms with E-state index in [-0.39, 0.29) is 11.0 Å². The molecule has 0 unspecified atom stereocenters. The summed E-state index contributed by atoms with van der Waals surface area (Å²) in [5.41, 5.74) is 6.11. The van der Waals surface area contributed by atoms with E-state index in [0.29, 0.717) is 29.0 Å². The van der Waals surface area contributed by atoms with Crippen molar-refractivity contribution in [1.29, 1.82) is 0 Å². The van der Waals surface area contributed by atoms with Crippen LogP contribution in [-0.2, 0) is 4.79 Å². The second-order valence-electron chi connectivity index (χ2n) is 5.54. The van der Waals surface area contributed by atoms with Crippen molar-refractivity contribution in [3.05, 3.63) is 59.7 Å². The van der Waals surface area contributed by atoms with Gasteiger partial charge in [0.25, 0.3) is 11.8 Å². The van der Waals surface area contributed by atoms with E-state index in [9.17, 15) is 14.4 Å². The first kappa shape index (κ1) is 20.8. The number of benzene rings is 2. The highest BCUT2D eigenvalue weighted by atomic mass is 32.1. The maximum atomic E-state index is 12.2. The van der Waals surface area contributed by atoms with E-state index in [0.717, 1.165) is 0 Å². The molecule has 0 saturated heterocycles. The highest BCUT2D eigenvalue weighted by Crippen LogP contribution is 2.16. The van der Waals surface area contributed by atoms with Crippen molar-refractivity contribution >= 4 is 40.7 Å². The number of hydrazine groups is 1. The van der Waals surface area contributed by atoms with E-state index in [1.165, 1.54) is 7.11 Å². The minimum absolute atomic E-state index is 0.0731. The Morgan fingerprint density at radius 3 is 2.29 bits per heavy atom. The van der Waals surface area contributed by atoms with E-state index < -0.39 is 11.8 Å². The Bertz CT molecular complexity index is 884. The summed E-state index contributed by atoms with van der Waals surface area (Å²) in [6.07, 6.45) is 0.365. The smallest absolute Gasteiger partial charge is 0.269 e. The van der Waals surface area contributed by atoms with Gasteiger partial charge in [0.2, 0.25) is 5.91 Å². The van der Waals surface area contributed by atoms with Crippen LogP contribution >= 0.6 is 12.2 Å². The molecule has 8 nitrogen and oxygen atoms in total. The summed E-state index contributed by atoms with van der Waals surface area (Å²) in [5, 5.41) is 5.07. The van der Waals surface area contributed by atoms with Crippen LogP contribution in [0.4, 0.5) is 5.69 Å². The van der Waals surface area contributed by atoms with Gasteiger partial charge in [0.15, 0.2) is 5.11 Å². The van der Waals surface area contributed by atoms with Gasteiger partial charge in [0.1, 0.15) is 5.75 Å². The lowest BCUT2D eigenvalue weighted by molar-refractivity contribution is -0.115. The van der Waals surface area contributed by atoms with Gasteiger partial charge in [-0.25, -0.2) is 0 Å². The van der Waals surface area contributed by atoms with E-state index in [1.54, 1.807) is 55.5 Å². The zero-order valence-corrected chi connectivity index (χ0v) is 16.2. The molecule has 0 bridgehead atoms. The third-order valence-electron chi connectivity index (χ3n) is 3.62. The monoisotopic (exact) mass is 400 g/mol. The fourth-order valence-electron chi connectivity index (χ4n) is 2.17. The molecule has 0 spiro atoms. The quantitative estimate of drug-likeness (QED) is 0.452. The number of para-hydroxylation sites is 1. The number of thiocarbonyl (C=S) groups is 1. The molecule has 9 heteroatoms. The molecule has 146 valence electrons. The summed E-state index contributed by atoms with van der Waals surface area (Å²) in [7, 11) is 1.46. The number of methoxy groups -OCH3 is 1. The summed E-state index contributed by atoms with van der Waals surface area (Å²) in [5.74, 6) is -0.639. The molecule has 0 aliphatic rings. The number of amides is 3. The average Bonchev–Trinajstić information content (AvgIpc) is 2.72. The summed E-state index contributed by atoms with van der Waals surface area (Å²) >= 11 is 5.01. The highest BCUT2D eigenvalue weighted by molar-refractivity contribution is 7.80. The van der Waals surface area contributed by atoms with Crippen molar-refractivity contribution in [3.63, 3.8) is 0 Å². The summed E-state index contributed by atoms with van der Waals surface area (Å²) in [6.45, 7) is 1.75. The molecule has 0 radical (unpaired) electrons. The van der Waals surface area contributed by atoms with Gasteiger partial charge in [-0.15, -0.1) is 0 Å². The second kappa shape index (κ2) is 10.0. The van der Waals surface area contributed by atoms with Crippen molar-refractivity contribution < 1.29 is 19.1 Å². The number of anilines is 1. The van der Waals surface area contributed by atoms with Gasteiger partial charge in [-0.3, -0.25) is 30.6 Å². The van der Waals surface area contributed by atoms with Crippen molar-refractivity contribution in [2.45, 2.75) is 13.3 Å². The Balaban J connectivity index is 1.87. The van der Waals surface area contributed by atoms with E-state index >= 15 is 0 Å². The Labute approximate surface area is 167 Å². The van der Waals surface area contributed by atoms with Gasteiger partial charge < -0.3 is 10.1 Å². The summed E-state index contributed by atoms with van der Waals surface area (Å²) in [4.78, 5) is 35.7. The number of carbonyl (C=O) groups is 3. The number of ether oxygens (including phenoxy) is 1. The minimum atomic E-state index is -0.472. The molecule has 2 rings (SSSR count). The lowest BCUT2D eigenvalue weighted by Crippen LogP contribution is -2.48. The standard InChI is InChI=1S/C19H20N4O4S/c1-3-16(24)20-13-10-8-12(9-11-13)17(25)22-23-19(28)21-18(26)14-6-4-5-7-15(14)27-2/h4-11H,3H2,1-2H3,(H,20,24)(H,22,25)(H2,21,23,26,28). The molecule has 0 saturated carbocycles. The Morgan fingerprint density at radius 2 is 1.64 bits per heavy atom. The topological polar surface area (TPSA) is 109 Å². The molecule has 0 heterocycles. The summed E-state index contributed by atoms with van der Waals surface area (Å²) in [6, 6.07) is 13.0. The fraction of sp³-hybridized carbons (Fsp3) is 0.158. The molecular weight excluding hydrogens is 380 g/mol. The zero-order chi connectivity index (χ0) is 20.5. The molecule has 0 fully saturated rings. The first-order valence-electron chi connectivity index (χ1n) is 8.39. The van der Waals surface area contributed by atoms with Gasteiger partial charge in [0, 0.05) is 17.7 Å². The van der Waals surface area contributed by atoms with E-state index in [1.807, 2.05) is 0 Å². The van der Waals surface area contributed by atoms with Crippen LogP contribution in [-0.4, -0.2) is 29.9 Å². The van der Waals surface area contributed by atoms with Crippen LogP contribution in [0.2, 0.25) is 0 Å². The molecule has 28 heavy (non-hydrogen) atoms. The highest BCUT2D eigenvalue weighted by Gasteiger charge is 2.13. The molecule has 0 atom stereocenters. The lowest BCUT2D eigenvalue weighted by atomic mass is 10.2. The molecule has 0 aliphatic carbocycles. The van der Waals surface area contributed by atoms with Gasteiger partial charge >= 0.3 is 0 Å². The molecule has 2 aromatic carbocycles. The first-order valence-corrected chi connectivity index (χ1v) is 8.80. The second-order valence-corrected chi connectivity index (χ2v) is 5.95. The number of hydrogen-bond donors (Lipinski definition) is 4. The van der Waals surface area contributed by atoms with Gasteiger partial charge in [-0.05, 0) is 48.6 Å². The van der Waals surface area contributed by atoms with Gasteiger partial charge in [-0.2, -0.15) is 0 Å². The fourth-order valence-corrected chi connectivity index (χ4v) is 2.32. The van der Waals surface area contributed by atoms with Crippen molar-refractivity contribution in [2.75, 3.05) is 12.4 Å². The number of carbonyl (C=O) groups excluding carboxylic acids is 3. The molecule has 4 N–H and O–H groups in total. The predicted molar refractivity (Wildman–Crippen MR) is 109 cm³/mol. The van der Waals surface area contributed by atoms with Crippen LogP contribution in [0.25, 0.3) is 0 Å². The Hall–Kier alpha value is -3.46. The van der Waals surface area contributed by atoms with Gasteiger partial charge in [-0.1, -0.05) is 19.1 Å². The number of rotatable bonds is 5. The molecule has 0 aliphatic heterocycles. The van der Waals surface area contributed by atoms with E-state index in [2.05, 4.69) is 21.5 Å². The third kappa shape index (κ3) is 5.78. The normalized spacial score (nSPS) is 9.79. The first-order chi connectivity index (χ1) is 13.4. The van der Waals surface area contributed by atoms with Crippen LogP contribution in [0.5, 0.6) is 5.75 Å². The number of hydrogen-bond acceptors (Lipinski definition) is 5. The predicted octanol–water partition coefficient (Wildman–Crippen LogP) is 1.99. The summed E-state index contributed by atoms with van der Waals surface area (Å²) < 4.78 is 5.12. The number of nitrogens with one attached hydrogen (secondary N) is 4. The largest absolute Gasteiger partial charge is 0.496 e. The minimum Gasteiger partial charge on any atom is -0.496 e. The lowest BCUT2D eigenvalue weighted by Gasteiger charge is -2.12. The van der Waals surface area contributed by atoms with Crippen LogP contribution in [0.1, 0.15) is 34.1 Å². The zero-order valence-electron chi connectivity index (χ0n) is 15.4.